The maximum atomic E-state index is 13.2. The van der Waals surface area contributed by atoms with E-state index in [1.54, 1.807) is 10.8 Å². The first-order valence-corrected chi connectivity index (χ1v) is 8.81. The molecule has 7 heteroatoms. The van der Waals surface area contributed by atoms with Crippen LogP contribution in [0.3, 0.4) is 0 Å². The molecule has 0 bridgehead atoms. The van der Waals surface area contributed by atoms with Crippen molar-refractivity contribution in [2.24, 2.45) is 0 Å². The van der Waals surface area contributed by atoms with E-state index in [-0.39, 0.29) is 5.56 Å². The lowest BCUT2D eigenvalue weighted by Crippen LogP contribution is -2.13. The van der Waals surface area contributed by atoms with Crippen molar-refractivity contribution < 1.29 is 23.1 Å². The van der Waals surface area contributed by atoms with Crippen LogP contribution >= 0.6 is 0 Å². The van der Waals surface area contributed by atoms with E-state index in [1.165, 1.54) is 6.08 Å². The van der Waals surface area contributed by atoms with Gasteiger partial charge in [0, 0.05) is 22.9 Å². The molecule has 148 valence electrons. The standard InChI is InChI=1S/C22H18F2N2O3/c1-14-18(15(2)26(25-14)17-6-4-3-5-7-17)9-11-22(28)29-13-21(27)16-8-10-19(23)20(24)12-16/h3-12H,13H2,1-2H3/b11-9+. The summed E-state index contributed by atoms with van der Waals surface area (Å²) >= 11 is 0. The third kappa shape index (κ3) is 4.63. The minimum atomic E-state index is -1.14. The van der Waals surface area contributed by atoms with E-state index in [0.29, 0.717) is 0 Å². The highest BCUT2D eigenvalue weighted by Gasteiger charge is 2.13. The van der Waals surface area contributed by atoms with Gasteiger partial charge >= 0.3 is 5.97 Å². The molecule has 0 unspecified atom stereocenters. The van der Waals surface area contributed by atoms with Gasteiger partial charge in [0.25, 0.3) is 0 Å². The highest BCUT2D eigenvalue weighted by atomic mass is 19.2. The Balaban J connectivity index is 1.66. The summed E-state index contributed by atoms with van der Waals surface area (Å²) in [7, 11) is 0. The molecule has 0 saturated heterocycles. The molecule has 0 N–H and O–H groups in total. The van der Waals surface area contributed by atoms with Crippen LogP contribution in [0.25, 0.3) is 11.8 Å². The Bertz CT molecular complexity index is 1090. The molecular formula is C22H18F2N2O3. The number of hydrogen-bond donors (Lipinski definition) is 0. The number of benzene rings is 2. The van der Waals surface area contributed by atoms with E-state index >= 15 is 0 Å². The smallest absolute Gasteiger partial charge is 0.331 e. The van der Waals surface area contributed by atoms with Crippen LogP contribution in [0.15, 0.2) is 54.6 Å². The minimum absolute atomic E-state index is 0.0727. The summed E-state index contributed by atoms with van der Waals surface area (Å²) in [6, 6.07) is 12.3. The number of ether oxygens (including phenoxy) is 1. The largest absolute Gasteiger partial charge is 0.454 e. The number of para-hydroxylation sites is 1. The number of aryl methyl sites for hydroxylation is 1. The molecule has 3 aromatic rings. The number of hydrogen-bond acceptors (Lipinski definition) is 4. The molecule has 1 heterocycles. The molecule has 0 amide bonds. The zero-order valence-electron chi connectivity index (χ0n) is 15.9. The molecule has 0 spiro atoms. The Kier molecular flexibility index (Phi) is 5.97. The fourth-order valence-electron chi connectivity index (χ4n) is 2.81. The summed E-state index contributed by atoms with van der Waals surface area (Å²) in [5, 5.41) is 4.48. The number of aromatic nitrogens is 2. The predicted molar refractivity (Wildman–Crippen MR) is 104 cm³/mol. The van der Waals surface area contributed by atoms with Gasteiger partial charge in [-0.05, 0) is 50.3 Å². The third-order valence-corrected chi connectivity index (χ3v) is 4.32. The van der Waals surface area contributed by atoms with Gasteiger partial charge in [0.2, 0.25) is 0 Å². The van der Waals surface area contributed by atoms with Gasteiger partial charge in [0.15, 0.2) is 24.0 Å². The van der Waals surface area contributed by atoms with Gasteiger partial charge in [-0.2, -0.15) is 5.10 Å². The molecule has 1 aromatic heterocycles. The lowest BCUT2D eigenvalue weighted by Gasteiger charge is -2.04. The summed E-state index contributed by atoms with van der Waals surface area (Å²) in [6.45, 7) is 3.13. The molecule has 0 atom stereocenters. The van der Waals surface area contributed by atoms with Crippen molar-refractivity contribution in [3.63, 3.8) is 0 Å². The monoisotopic (exact) mass is 396 g/mol. The van der Waals surface area contributed by atoms with Crippen LogP contribution in [0.4, 0.5) is 8.78 Å². The maximum Gasteiger partial charge on any atom is 0.331 e. The summed E-state index contributed by atoms with van der Waals surface area (Å²) in [4.78, 5) is 23.9. The molecule has 5 nitrogen and oxygen atoms in total. The Morgan fingerprint density at radius 1 is 1.07 bits per heavy atom. The third-order valence-electron chi connectivity index (χ3n) is 4.32. The van der Waals surface area contributed by atoms with Gasteiger partial charge in [0.1, 0.15) is 0 Å². The molecule has 0 aliphatic rings. The van der Waals surface area contributed by atoms with Crippen molar-refractivity contribution in [1.82, 2.24) is 9.78 Å². The number of carbonyl (C=O) groups excluding carboxylic acids is 2. The van der Waals surface area contributed by atoms with E-state index in [2.05, 4.69) is 5.10 Å². The number of rotatable bonds is 6. The van der Waals surface area contributed by atoms with Crippen molar-refractivity contribution in [2.45, 2.75) is 13.8 Å². The van der Waals surface area contributed by atoms with Gasteiger partial charge < -0.3 is 4.74 Å². The molecule has 29 heavy (non-hydrogen) atoms. The number of halogens is 2. The van der Waals surface area contributed by atoms with Crippen molar-refractivity contribution in [2.75, 3.05) is 6.61 Å². The van der Waals surface area contributed by atoms with Crippen LogP contribution in [0, 0.1) is 25.5 Å². The van der Waals surface area contributed by atoms with Crippen LogP contribution in [0.2, 0.25) is 0 Å². The first-order chi connectivity index (χ1) is 13.9. The van der Waals surface area contributed by atoms with E-state index < -0.39 is 30.0 Å². The Labute approximate surface area is 166 Å². The fourth-order valence-corrected chi connectivity index (χ4v) is 2.81. The van der Waals surface area contributed by atoms with Crippen molar-refractivity contribution in [3.05, 3.63) is 88.8 Å². The normalized spacial score (nSPS) is 11.0. The Morgan fingerprint density at radius 3 is 2.48 bits per heavy atom. The first kappa shape index (κ1) is 20.1. The van der Waals surface area contributed by atoms with Crippen molar-refractivity contribution >= 4 is 17.8 Å². The summed E-state index contributed by atoms with van der Waals surface area (Å²) in [5.41, 5.74) is 3.16. The average molecular weight is 396 g/mol. The first-order valence-electron chi connectivity index (χ1n) is 8.81. The molecule has 0 aliphatic carbocycles. The average Bonchev–Trinajstić information content (AvgIpc) is 3.00. The van der Waals surface area contributed by atoms with Crippen LogP contribution in [-0.4, -0.2) is 28.1 Å². The highest BCUT2D eigenvalue weighted by molar-refractivity contribution is 5.98. The second-order valence-electron chi connectivity index (χ2n) is 6.32. The van der Waals surface area contributed by atoms with Crippen LogP contribution in [-0.2, 0) is 9.53 Å². The molecule has 0 saturated carbocycles. The minimum Gasteiger partial charge on any atom is -0.454 e. The van der Waals surface area contributed by atoms with Crippen LogP contribution in [0.1, 0.15) is 27.3 Å². The Hall–Kier alpha value is -3.61. The highest BCUT2D eigenvalue weighted by Crippen LogP contribution is 2.19. The lowest BCUT2D eigenvalue weighted by atomic mass is 10.1. The van der Waals surface area contributed by atoms with E-state index in [0.717, 1.165) is 40.8 Å². The SMILES string of the molecule is Cc1nn(-c2ccccc2)c(C)c1/C=C/C(=O)OCC(=O)c1ccc(F)c(F)c1. The Morgan fingerprint density at radius 2 is 1.79 bits per heavy atom. The second-order valence-corrected chi connectivity index (χ2v) is 6.32. The molecular weight excluding hydrogens is 378 g/mol. The number of carbonyl (C=O) groups is 2. The van der Waals surface area contributed by atoms with E-state index in [4.69, 9.17) is 4.74 Å². The quantitative estimate of drug-likeness (QED) is 0.356. The predicted octanol–water partition coefficient (Wildman–Crippen LogP) is 4.21. The van der Waals surface area contributed by atoms with Crippen LogP contribution in [0.5, 0.6) is 0 Å². The summed E-state index contributed by atoms with van der Waals surface area (Å²) in [6.07, 6.45) is 2.77. The maximum absolute atomic E-state index is 13.2. The summed E-state index contributed by atoms with van der Waals surface area (Å²) in [5.74, 6) is -3.55. The van der Waals surface area contributed by atoms with Crippen molar-refractivity contribution in [1.29, 1.82) is 0 Å². The van der Waals surface area contributed by atoms with Gasteiger partial charge in [-0.1, -0.05) is 18.2 Å². The molecule has 3 rings (SSSR count). The van der Waals surface area contributed by atoms with E-state index in [9.17, 15) is 18.4 Å². The van der Waals surface area contributed by atoms with Crippen molar-refractivity contribution in [3.8, 4) is 5.69 Å². The fraction of sp³-hybridized carbons (Fsp3) is 0.136. The number of nitrogens with zero attached hydrogens (tertiary/aromatic N) is 2. The number of esters is 1. The van der Waals surface area contributed by atoms with Gasteiger partial charge in [0.05, 0.1) is 11.4 Å². The number of ketones is 1. The van der Waals surface area contributed by atoms with E-state index in [1.807, 2.05) is 44.2 Å². The molecule has 0 radical (unpaired) electrons. The van der Waals surface area contributed by atoms with Gasteiger partial charge in [-0.3, -0.25) is 4.79 Å². The molecule has 0 fully saturated rings. The van der Waals surface area contributed by atoms with Gasteiger partial charge in [-0.25, -0.2) is 18.3 Å². The lowest BCUT2D eigenvalue weighted by molar-refractivity contribution is -0.136. The molecule has 2 aromatic carbocycles. The number of Topliss-reactive ketones (excluding diaryl/α,β-unsaturated/α-hetero) is 1. The zero-order chi connectivity index (χ0) is 21.0. The van der Waals surface area contributed by atoms with Gasteiger partial charge in [-0.15, -0.1) is 0 Å². The molecule has 0 aliphatic heterocycles. The van der Waals surface area contributed by atoms with Crippen LogP contribution < -0.4 is 0 Å². The summed E-state index contributed by atoms with van der Waals surface area (Å²) < 4.78 is 32.8. The topological polar surface area (TPSA) is 61.2 Å². The zero-order valence-corrected chi connectivity index (χ0v) is 15.9. The second kappa shape index (κ2) is 8.60.